The van der Waals surface area contributed by atoms with Crippen molar-refractivity contribution in [1.29, 1.82) is 0 Å². The summed E-state index contributed by atoms with van der Waals surface area (Å²) in [6, 6.07) is 5.04. The Hall–Kier alpha value is -1.53. The number of carbonyl (C=O) groups excluding carboxylic acids is 1. The molecule has 0 fully saturated rings. The maximum absolute atomic E-state index is 12.2. The summed E-state index contributed by atoms with van der Waals surface area (Å²) in [5.41, 5.74) is 0.443. The molecule has 0 radical (unpaired) electrons. The first-order chi connectivity index (χ1) is 8.88. The average molecular weight is 297 g/mol. The van der Waals surface area contributed by atoms with Gasteiger partial charge in [-0.05, 0) is 23.7 Å². The van der Waals surface area contributed by atoms with Crippen LogP contribution in [0.25, 0.3) is 0 Å². The Bertz CT molecular complexity index is 606. The van der Waals surface area contributed by atoms with Gasteiger partial charge in [0.25, 0.3) is 5.91 Å². The van der Waals surface area contributed by atoms with Crippen LogP contribution < -0.4 is 5.32 Å². The molecule has 0 atom stereocenters. The molecule has 0 aliphatic rings. The number of hydrogen-bond donors (Lipinski definition) is 1. The molecule has 0 aliphatic heterocycles. The first-order valence-corrected chi connectivity index (χ1v) is 6.80. The van der Waals surface area contributed by atoms with Crippen molar-refractivity contribution in [3.05, 3.63) is 33.9 Å². The number of hydrogen-bond acceptors (Lipinski definition) is 5. The van der Waals surface area contributed by atoms with Gasteiger partial charge in [0.15, 0.2) is 0 Å². The summed E-state index contributed by atoms with van der Waals surface area (Å²) >= 11 is 6.85. The van der Waals surface area contributed by atoms with Gasteiger partial charge in [0.05, 0.1) is 5.69 Å². The smallest absolute Gasteiger partial charge is 0.270 e. The van der Waals surface area contributed by atoms with E-state index >= 15 is 0 Å². The van der Waals surface area contributed by atoms with Gasteiger partial charge in [0.2, 0.25) is 0 Å². The lowest BCUT2D eigenvalue weighted by Crippen LogP contribution is -2.20. The van der Waals surface area contributed by atoms with Crippen LogP contribution in [0, 0.1) is 0 Å². The molecule has 5 nitrogen and oxygen atoms in total. The minimum absolute atomic E-state index is 0.235. The monoisotopic (exact) mass is 296 g/mol. The molecule has 1 amide bonds. The second-order valence-corrected chi connectivity index (χ2v) is 6.14. The molecule has 0 spiro atoms. The molecule has 0 saturated carbocycles. The molecule has 2 aromatic rings. The molecule has 0 saturated heterocycles. The summed E-state index contributed by atoms with van der Waals surface area (Å²) in [4.78, 5) is 16.7. The summed E-state index contributed by atoms with van der Waals surface area (Å²) in [5.74, 6) is 0.139. The van der Waals surface area contributed by atoms with Crippen molar-refractivity contribution in [3.63, 3.8) is 0 Å². The van der Waals surface area contributed by atoms with Crippen LogP contribution in [0.3, 0.4) is 0 Å². The minimum atomic E-state index is -0.269. The zero-order chi connectivity index (χ0) is 14.0. The highest BCUT2D eigenvalue weighted by molar-refractivity contribution is 7.08. The molecule has 0 unspecified atom stereocenters. The Labute approximate surface area is 120 Å². The van der Waals surface area contributed by atoms with E-state index in [0.29, 0.717) is 21.5 Å². The summed E-state index contributed by atoms with van der Waals surface area (Å²) in [7, 11) is 0. The van der Waals surface area contributed by atoms with E-state index in [0.717, 1.165) is 11.5 Å². The third-order valence-electron chi connectivity index (χ3n) is 2.36. The molecule has 2 rings (SSSR count). The SMILES string of the molecule is CC(C)(C)c1nnsc1C(=O)Nc1cccc(Cl)n1. The molecular formula is C12H13ClN4OS. The molecule has 0 aromatic carbocycles. The van der Waals surface area contributed by atoms with Crippen molar-refractivity contribution in [3.8, 4) is 0 Å². The third kappa shape index (κ3) is 3.27. The van der Waals surface area contributed by atoms with Crippen LogP contribution in [-0.2, 0) is 5.41 Å². The van der Waals surface area contributed by atoms with Gasteiger partial charge >= 0.3 is 0 Å². The number of carbonyl (C=O) groups is 1. The predicted molar refractivity (Wildman–Crippen MR) is 75.8 cm³/mol. The molecular weight excluding hydrogens is 284 g/mol. The summed E-state index contributed by atoms with van der Waals surface area (Å²) in [6.45, 7) is 5.95. The number of aromatic nitrogens is 3. The number of rotatable bonds is 2. The van der Waals surface area contributed by atoms with Crippen LogP contribution in [0.5, 0.6) is 0 Å². The van der Waals surface area contributed by atoms with Crippen LogP contribution in [0.1, 0.15) is 36.1 Å². The van der Waals surface area contributed by atoms with Gasteiger partial charge in [-0.25, -0.2) is 4.98 Å². The van der Waals surface area contributed by atoms with Crippen molar-refractivity contribution in [2.45, 2.75) is 26.2 Å². The molecule has 0 bridgehead atoms. The summed E-state index contributed by atoms with van der Waals surface area (Å²) < 4.78 is 3.85. The van der Waals surface area contributed by atoms with Crippen molar-refractivity contribution in [2.24, 2.45) is 0 Å². The van der Waals surface area contributed by atoms with E-state index in [1.165, 1.54) is 0 Å². The Balaban J connectivity index is 2.24. The average Bonchev–Trinajstić information content (AvgIpc) is 2.77. The largest absolute Gasteiger partial charge is 0.306 e. The topological polar surface area (TPSA) is 67.8 Å². The highest BCUT2D eigenvalue weighted by Gasteiger charge is 2.26. The molecule has 2 aromatic heterocycles. The standard InChI is InChI=1S/C12H13ClN4OS/c1-12(2,3)10-9(19-17-16-10)11(18)15-8-6-4-5-7(13)14-8/h4-6H,1-3H3,(H,14,15,18). The van der Waals surface area contributed by atoms with E-state index < -0.39 is 0 Å². The number of nitrogens with one attached hydrogen (secondary N) is 1. The van der Waals surface area contributed by atoms with Gasteiger partial charge in [0.1, 0.15) is 15.8 Å². The Morgan fingerprint density at radius 3 is 2.74 bits per heavy atom. The van der Waals surface area contributed by atoms with Crippen molar-refractivity contribution < 1.29 is 4.79 Å². The quantitative estimate of drug-likeness (QED) is 0.865. The molecule has 7 heteroatoms. The number of halogens is 1. The molecule has 19 heavy (non-hydrogen) atoms. The lowest BCUT2D eigenvalue weighted by molar-refractivity contribution is 0.102. The molecule has 0 aliphatic carbocycles. The van der Waals surface area contributed by atoms with Crippen LogP contribution >= 0.6 is 23.1 Å². The fourth-order valence-corrected chi connectivity index (χ4v) is 2.42. The van der Waals surface area contributed by atoms with Crippen LogP contribution in [0.2, 0.25) is 5.15 Å². The number of anilines is 1. The predicted octanol–water partition coefficient (Wildman–Crippen LogP) is 3.14. The molecule has 2 heterocycles. The van der Waals surface area contributed by atoms with E-state index in [4.69, 9.17) is 11.6 Å². The zero-order valence-electron chi connectivity index (χ0n) is 10.8. The van der Waals surface area contributed by atoms with Gasteiger partial charge in [-0.3, -0.25) is 4.79 Å². The summed E-state index contributed by atoms with van der Waals surface area (Å²) in [5, 5.41) is 7.05. The van der Waals surface area contributed by atoms with E-state index in [2.05, 4.69) is 19.9 Å². The molecule has 1 N–H and O–H groups in total. The van der Waals surface area contributed by atoms with E-state index in [9.17, 15) is 4.79 Å². The third-order valence-corrected chi connectivity index (χ3v) is 3.30. The van der Waals surface area contributed by atoms with Gasteiger partial charge in [-0.2, -0.15) is 0 Å². The normalized spacial score (nSPS) is 11.4. The van der Waals surface area contributed by atoms with Gasteiger partial charge in [0, 0.05) is 5.41 Å². The minimum Gasteiger partial charge on any atom is -0.306 e. The van der Waals surface area contributed by atoms with Gasteiger partial charge in [-0.1, -0.05) is 42.9 Å². The summed E-state index contributed by atoms with van der Waals surface area (Å²) in [6.07, 6.45) is 0. The maximum atomic E-state index is 12.2. The van der Waals surface area contributed by atoms with Crippen molar-refractivity contribution in [1.82, 2.24) is 14.6 Å². The van der Waals surface area contributed by atoms with E-state index in [1.54, 1.807) is 18.2 Å². The first kappa shape index (κ1) is 13.9. The van der Waals surface area contributed by atoms with E-state index in [1.807, 2.05) is 20.8 Å². The number of amides is 1. The highest BCUT2D eigenvalue weighted by atomic mass is 35.5. The second kappa shape index (κ2) is 5.22. The van der Waals surface area contributed by atoms with Gasteiger partial charge in [-0.15, -0.1) is 5.10 Å². The van der Waals surface area contributed by atoms with Crippen LogP contribution in [0.4, 0.5) is 5.82 Å². The van der Waals surface area contributed by atoms with Crippen molar-refractivity contribution in [2.75, 3.05) is 5.32 Å². The fourth-order valence-electron chi connectivity index (χ4n) is 1.48. The van der Waals surface area contributed by atoms with Gasteiger partial charge < -0.3 is 5.32 Å². The number of nitrogens with zero attached hydrogens (tertiary/aromatic N) is 3. The fraction of sp³-hybridized carbons (Fsp3) is 0.333. The van der Waals surface area contributed by atoms with Crippen LogP contribution in [-0.4, -0.2) is 20.5 Å². The van der Waals surface area contributed by atoms with Crippen molar-refractivity contribution >= 4 is 34.9 Å². The highest BCUT2D eigenvalue weighted by Crippen LogP contribution is 2.26. The molecule has 100 valence electrons. The van der Waals surface area contributed by atoms with Crippen LogP contribution in [0.15, 0.2) is 18.2 Å². The Morgan fingerprint density at radius 1 is 1.37 bits per heavy atom. The lowest BCUT2D eigenvalue weighted by Gasteiger charge is -2.16. The lowest BCUT2D eigenvalue weighted by atomic mass is 9.91. The zero-order valence-corrected chi connectivity index (χ0v) is 12.3. The maximum Gasteiger partial charge on any atom is 0.270 e. The Kier molecular flexibility index (Phi) is 3.82. The second-order valence-electron chi connectivity index (χ2n) is 5.00. The first-order valence-electron chi connectivity index (χ1n) is 5.64. The van der Waals surface area contributed by atoms with E-state index in [-0.39, 0.29) is 11.3 Å². The number of pyridine rings is 1. The Morgan fingerprint density at radius 2 is 2.11 bits per heavy atom.